The summed E-state index contributed by atoms with van der Waals surface area (Å²) in [5.41, 5.74) is 1.65. The highest BCUT2D eigenvalue weighted by molar-refractivity contribution is 8.00. The highest BCUT2D eigenvalue weighted by Gasteiger charge is 2.24. The first-order valence-electron chi connectivity index (χ1n) is 9.22. The van der Waals surface area contributed by atoms with Crippen LogP contribution in [0.5, 0.6) is 5.88 Å². The third-order valence-electron chi connectivity index (χ3n) is 4.68. The van der Waals surface area contributed by atoms with Crippen LogP contribution in [0.15, 0.2) is 59.6 Å². The van der Waals surface area contributed by atoms with Gasteiger partial charge >= 0.3 is 0 Å². The van der Waals surface area contributed by atoms with Crippen LogP contribution in [0.2, 0.25) is 0 Å². The average molecular weight is 397 g/mol. The molecule has 2 aromatic carbocycles. The quantitative estimate of drug-likeness (QED) is 0.611. The van der Waals surface area contributed by atoms with Crippen molar-refractivity contribution >= 4 is 28.7 Å². The van der Waals surface area contributed by atoms with Crippen molar-refractivity contribution in [2.24, 2.45) is 0 Å². The Kier molecular flexibility index (Phi) is 5.71. The Morgan fingerprint density at radius 1 is 1.11 bits per heavy atom. The summed E-state index contributed by atoms with van der Waals surface area (Å²) in [7, 11) is 0. The number of halogens is 1. The number of hydrogen-bond acceptors (Lipinski definition) is 5. The van der Waals surface area contributed by atoms with E-state index in [1.54, 1.807) is 18.3 Å². The average Bonchev–Trinajstić information content (AvgIpc) is 2.73. The van der Waals surface area contributed by atoms with Crippen molar-refractivity contribution in [2.75, 3.05) is 18.8 Å². The minimum absolute atomic E-state index is 0.0317. The molecular formula is C21H20FN3O2S. The minimum Gasteiger partial charge on any atom is -0.473 e. The maximum absolute atomic E-state index is 12.9. The lowest BCUT2D eigenvalue weighted by Gasteiger charge is -2.31. The van der Waals surface area contributed by atoms with Crippen molar-refractivity contribution in [3.8, 4) is 5.88 Å². The van der Waals surface area contributed by atoms with Crippen LogP contribution in [-0.4, -0.2) is 45.7 Å². The normalized spacial score (nSPS) is 15.0. The second-order valence-corrected chi connectivity index (χ2v) is 7.69. The number of hydrogen-bond donors (Lipinski definition) is 0. The predicted octanol–water partition coefficient (Wildman–Crippen LogP) is 3.93. The Morgan fingerprint density at radius 3 is 2.57 bits per heavy atom. The molecule has 0 bridgehead atoms. The number of aromatic nitrogens is 2. The molecular weight excluding hydrogens is 377 g/mol. The first-order valence-corrected chi connectivity index (χ1v) is 10.2. The Morgan fingerprint density at radius 2 is 1.82 bits per heavy atom. The van der Waals surface area contributed by atoms with Gasteiger partial charge in [-0.25, -0.2) is 14.4 Å². The molecule has 0 unspecified atom stereocenters. The molecule has 144 valence electrons. The van der Waals surface area contributed by atoms with E-state index in [1.807, 2.05) is 29.2 Å². The van der Waals surface area contributed by atoms with E-state index in [9.17, 15) is 9.18 Å². The zero-order valence-corrected chi connectivity index (χ0v) is 16.1. The number of nitrogens with zero attached hydrogens (tertiary/aromatic N) is 3. The van der Waals surface area contributed by atoms with Crippen molar-refractivity contribution in [2.45, 2.75) is 23.8 Å². The van der Waals surface area contributed by atoms with Gasteiger partial charge in [-0.1, -0.05) is 12.1 Å². The summed E-state index contributed by atoms with van der Waals surface area (Å²) in [6.07, 6.45) is 3.21. The number of thioether (sulfide) groups is 1. The van der Waals surface area contributed by atoms with Crippen molar-refractivity contribution in [1.82, 2.24) is 14.9 Å². The number of carbonyl (C=O) groups excluding carboxylic acids is 1. The molecule has 3 aromatic rings. The Labute approximate surface area is 166 Å². The number of fused-ring (bicyclic) bond motifs is 1. The van der Waals surface area contributed by atoms with Gasteiger partial charge in [0, 0.05) is 30.8 Å². The summed E-state index contributed by atoms with van der Waals surface area (Å²) in [5.74, 6) is 0.704. The highest BCUT2D eigenvalue weighted by Crippen LogP contribution is 2.22. The third-order valence-corrected chi connectivity index (χ3v) is 5.68. The zero-order chi connectivity index (χ0) is 19.3. The Hall–Kier alpha value is -2.67. The lowest BCUT2D eigenvalue weighted by Crippen LogP contribution is -2.42. The molecule has 0 radical (unpaired) electrons. The van der Waals surface area contributed by atoms with Crippen LogP contribution in [-0.2, 0) is 4.79 Å². The van der Waals surface area contributed by atoms with Crippen LogP contribution in [0.1, 0.15) is 12.8 Å². The molecule has 0 aliphatic carbocycles. The molecule has 1 amide bonds. The Bertz CT molecular complexity index is 959. The van der Waals surface area contributed by atoms with E-state index in [2.05, 4.69) is 9.97 Å². The molecule has 7 heteroatoms. The zero-order valence-electron chi connectivity index (χ0n) is 15.3. The number of amides is 1. The van der Waals surface area contributed by atoms with Crippen LogP contribution in [0.4, 0.5) is 4.39 Å². The topological polar surface area (TPSA) is 55.3 Å². The van der Waals surface area contributed by atoms with Crippen molar-refractivity contribution in [1.29, 1.82) is 0 Å². The number of ether oxygens (including phenoxy) is 1. The Balaban J connectivity index is 1.26. The molecule has 1 aliphatic rings. The van der Waals surface area contributed by atoms with E-state index >= 15 is 0 Å². The molecule has 1 fully saturated rings. The molecule has 5 nitrogen and oxygen atoms in total. The summed E-state index contributed by atoms with van der Waals surface area (Å²) in [6, 6.07) is 13.9. The molecule has 2 heterocycles. The van der Waals surface area contributed by atoms with Crippen molar-refractivity contribution in [3.05, 3.63) is 60.5 Å². The molecule has 4 rings (SSSR count). The number of likely N-dealkylation sites (tertiary alicyclic amines) is 1. The summed E-state index contributed by atoms with van der Waals surface area (Å²) in [4.78, 5) is 24.0. The fourth-order valence-electron chi connectivity index (χ4n) is 3.16. The molecule has 0 spiro atoms. The van der Waals surface area contributed by atoms with Gasteiger partial charge in [-0.2, -0.15) is 0 Å². The van der Waals surface area contributed by atoms with Gasteiger partial charge in [0.15, 0.2) is 0 Å². The van der Waals surface area contributed by atoms with E-state index in [0.717, 1.165) is 28.8 Å². The SMILES string of the molecule is O=C(CSc1ccc(F)cc1)N1CCC(Oc2cnc3ccccc3n2)CC1. The van der Waals surface area contributed by atoms with E-state index in [4.69, 9.17) is 4.74 Å². The first-order chi connectivity index (χ1) is 13.7. The van der Waals surface area contributed by atoms with E-state index in [-0.39, 0.29) is 17.8 Å². The van der Waals surface area contributed by atoms with Crippen LogP contribution in [0.3, 0.4) is 0 Å². The fourth-order valence-corrected chi connectivity index (χ4v) is 3.96. The number of para-hydroxylation sites is 2. The molecule has 0 atom stereocenters. The summed E-state index contributed by atoms with van der Waals surface area (Å²) >= 11 is 1.43. The number of rotatable bonds is 5. The number of carbonyl (C=O) groups is 1. The lowest BCUT2D eigenvalue weighted by molar-refractivity contribution is -0.130. The smallest absolute Gasteiger partial charge is 0.233 e. The van der Waals surface area contributed by atoms with Gasteiger partial charge in [0.25, 0.3) is 0 Å². The maximum atomic E-state index is 12.9. The summed E-state index contributed by atoms with van der Waals surface area (Å²) < 4.78 is 18.9. The van der Waals surface area contributed by atoms with E-state index in [0.29, 0.717) is 24.7 Å². The third kappa shape index (κ3) is 4.59. The molecule has 1 aliphatic heterocycles. The van der Waals surface area contributed by atoms with Crippen LogP contribution >= 0.6 is 11.8 Å². The van der Waals surface area contributed by atoms with Crippen molar-refractivity contribution < 1.29 is 13.9 Å². The van der Waals surface area contributed by atoms with E-state index in [1.165, 1.54) is 23.9 Å². The summed E-state index contributed by atoms with van der Waals surface area (Å²) in [6.45, 7) is 1.32. The standard InChI is InChI=1S/C21H20FN3O2S/c22-15-5-7-17(8-6-15)28-14-21(26)25-11-9-16(10-12-25)27-20-13-23-18-3-1-2-4-19(18)24-20/h1-8,13,16H,9-12,14H2. The van der Waals surface area contributed by atoms with Crippen LogP contribution in [0, 0.1) is 5.82 Å². The van der Waals surface area contributed by atoms with Gasteiger partial charge in [0.05, 0.1) is 23.0 Å². The largest absolute Gasteiger partial charge is 0.473 e. The fraction of sp³-hybridized carbons (Fsp3) is 0.286. The number of benzene rings is 2. The lowest BCUT2D eigenvalue weighted by atomic mass is 10.1. The number of piperidine rings is 1. The van der Waals surface area contributed by atoms with Crippen molar-refractivity contribution in [3.63, 3.8) is 0 Å². The molecule has 0 N–H and O–H groups in total. The molecule has 0 saturated carbocycles. The van der Waals surface area contributed by atoms with Gasteiger partial charge in [-0.15, -0.1) is 11.8 Å². The van der Waals surface area contributed by atoms with Gasteiger partial charge in [0.2, 0.25) is 11.8 Å². The minimum atomic E-state index is -0.270. The van der Waals surface area contributed by atoms with Gasteiger partial charge in [-0.3, -0.25) is 4.79 Å². The van der Waals surface area contributed by atoms with E-state index < -0.39 is 0 Å². The second-order valence-electron chi connectivity index (χ2n) is 6.64. The first kappa shape index (κ1) is 18.7. The second kappa shape index (κ2) is 8.56. The summed E-state index contributed by atoms with van der Waals surface area (Å²) in [5, 5.41) is 0. The van der Waals surface area contributed by atoms with Gasteiger partial charge in [-0.05, 0) is 36.4 Å². The van der Waals surface area contributed by atoms with Gasteiger partial charge in [0.1, 0.15) is 11.9 Å². The van der Waals surface area contributed by atoms with Gasteiger partial charge < -0.3 is 9.64 Å². The maximum Gasteiger partial charge on any atom is 0.233 e. The van der Waals surface area contributed by atoms with Crippen LogP contribution < -0.4 is 4.74 Å². The molecule has 28 heavy (non-hydrogen) atoms. The molecule has 1 saturated heterocycles. The molecule has 1 aromatic heterocycles. The van der Waals surface area contributed by atoms with Crippen LogP contribution in [0.25, 0.3) is 11.0 Å². The monoisotopic (exact) mass is 397 g/mol. The predicted molar refractivity (Wildman–Crippen MR) is 107 cm³/mol. The highest BCUT2D eigenvalue weighted by atomic mass is 32.2.